The van der Waals surface area contributed by atoms with E-state index in [1.54, 1.807) is 54.6 Å². The van der Waals surface area contributed by atoms with Gasteiger partial charge in [-0.05, 0) is 11.1 Å². The molecule has 0 fully saturated rings. The van der Waals surface area contributed by atoms with Crippen molar-refractivity contribution in [2.45, 2.75) is 18.3 Å². The molecule has 29 heavy (non-hydrogen) atoms. The molecule has 1 aliphatic heterocycles. The van der Waals surface area contributed by atoms with E-state index in [4.69, 9.17) is 14.7 Å². The molecule has 1 unspecified atom stereocenters. The Balaban J connectivity index is 1.71. The maximum Gasteiger partial charge on any atom is 0.313 e. The van der Waals surface area contributed by atoms with Gasteiger partial charge in [0, 0.05) is 5.56 Å². The molecular weight excluding hydrogens is 398 g/mol. The third-order valence-corrected chi connectivity index (χ3v) is 5.29. The lowest BCUT2D eigenvalue weighted by atomic mass is 10.0. The van der Waals surface area contributed by atoms with Crippen LogP contribution in [0.1, 0.15) is 22.8 Å². The number of carbonyl (C=O) groups excluding carboxylic acids is 2. The van der Waals surface area contributed by atoms with Crippen LogP contribution in [0.3, 0.4) is 0 Å². The Morgan fingerprint density at radius 2 is 1.72 bits per heavy atom. The first-order valence-corrected chi connectivity index (χ1v) is 10.2. The number of hydrogen-bond donors (Lipinski definition) is 1. The molecule has 1 heterocycles. The van der Waals surface area contributed by atoms with Crippen molar-refractivity contribution < 1.29 is 31.7 Å². The second-order valence-corrected chi connectivity index (χ2v) is 7.89. The maximum absolute atomic E-state index is 12.6. The molecular formula is C20H19NO7S. The molecule has 3 rings (SSSR count). The van der Waals surface area contributed by atoms with Gasteiger partial charge in [-0.25, -0.2) is 0 Å². The molecule has 1 atom stereocenters. The standard InChI is InChI=1S/C20H19NO7S/c1-26-16(22)11-13-7-9-15(10-8-13)18-17(23)19(20(21)27-18)28-29(24,25)12-14-5-3-2-4-6-14/h2-10,18H,11-12,21H2,1H3. The van der Waals surface area contributed by atoms with Crippen LogP contribution in [0.4, 0.5) is 0 Å². The van der Waals surface area contributed by atoms with E-state index >= 15 is 0 Å². The van der Waals surface area contributed by atoms with Gasteiger partial charge < -0.3 is 19.4 Å². The second-order valence-electron chi connectivity index (χ2n) is 6.32. The van der Waals surface area contributed by atoms with Crippen LogP contribution in [0.25, 0.3) is 0 Å². The summed E-state index contributed by atoms with van der Waals surface area (Å²) in [6, 6.07) is 14.9. The number of benzene rings is 2. The molecule has 9 heteroatoms. The fraction of sp³-hybridized carbons (Fsp3) is 0.200. The molecule has 2 aromatic carbocycles. The molecule has 0 aromatic heterocycles. The molecule has 2 aromatic rings. The third kappa shape index (κ3) is 4.94. The molecule has 0 aliphatic carbocycles. The number of ether oxygens (including phenoxy) is 2. The van der Waals surface area contributed by atoms with Crippen molar-refractivity contribution in [3.63, 3.8) is 0 Å². The Bertz CT molecular complexity index is 1040. The molecule has 1 aliphatic rings. The van der Waals surface area contributed by atoms with Gasteiger partial charge >= 0.3 is 16.1 Å². The van der Waals surface area contributed by atoms with E-state index in [1.807, 2.05) is 0 Å². The highest BCUT2D eigenvalue weighted by molar-refractivity contribution is 7.86. The van der Waals surface area contributed by atoms with Crippen LogP contribution in [0.2, 0.25) is 0 Å². The van der Waals surface area contributed by atoms with Gasteiger partial charge in [0.05, 0.1) is 13.5 Å². The Hall–Kier alpha value is -3.33. The zero-order valence-corrected chi connectivity index (χ0v) is 16.3. The van der Waals surface area contributed by atoms with Crippen molar-refractivity contribution in [2.75, 3.05) is 7.11 Å². The predicted octanol–water partition coefficient (Wildman–Crippen LogP) is 1.72. The van der Waals surface area contributed by atoms with Crippen LogP contribution in [0.15, 0.2) is 66.2 Å². The van der Waals surface area contributed by atoms with Crippen LogP contribution in [0, 0.1) is 0 Å². The predicted molar refractivity (Wildman–Crippen MR) is 102 cm³/mol. The molecule has 2 N–H and O–H groups in total. The Morgan fingerprint density at radius 3 is 2.34 bits per heavy atom. The lowest BCUT2D eigenvalue weighted by molar-refractivity contribution is -0.139. The summed E-state index contributed by atoms with van der Waals surface area (Å²) in [7, 11) is -2.81. The second kappa shape index (κ2) is 8.36. The number of ketones is 1. The van der Waals surface area contributed by atoms with E-state index in [0.29, 0.717) is 16.7 Å². The van der Waals surface area contributed by atoms with Crippen molar-refractivity contribution >= 4 is 21.9 Å². The first-order chi connectivity index (χ1) is 13.8. The van der Waals surface area contributed by atoms with Crippen molar-refractivity contribution in [1.29, 1.82) is 0 Å². The number of methoxy groups -OCH3 is 1. The van der Waals surface area contributed by atoms with Crippen molar-refractivity contribution in [3.8, 4) is 0 Å². The minimum absolute atomic E-state index is 0.0860. The topological polar surface area (TPSA) is 122 Å². The minimum Gasteiger partial charge on any atom is -0.469 e. The summed E-state index contributed by atoms with van der Waals surface area (Å²) in [5, 5.41) is 0. The van der Waals surface area contributed by atoms with Crippen molar-refractivity contribution in [3.05, 3.63) is 82.9 Å². The van der Waals surface area contributed by atoms with Gasteiger partial charge in [-0.3, -0.25) is 9.59 Å². The number of nitrogens with two attached hydrogens (primary N) is 1. The van der Waals surface area contributed by atoms with Crippen LogP contribution >= 0.6 is 0 Å². The number of carbonyl (C=O) groups is 2. The van der Waals surface area contributed by atoms with Gasteiger partial charge in [-0.2, -0.15) is 8.42 Å². The smallest absolute Gasteiger partial charge is 0.313 e. The van der Waals surface area contributed by atoms with E-state index < -0.39 is 45.4 Å². The molecule has 0 saturated carbocycles. The fourth-order valence-electron chi connectivity index (χ4n) is 2.76. The van der Waals surface area contributed by atoms with Crippen LogP contribution in [0.5, 0.6) is 0 Å². The van der Waals surface area contributed by atoms with E-state index in [2.05, 4.69) is 4.74 Å². The van der Waals surface area contributed by atoms with Crippen LogP contribution in [-0.2, 0) is 45.5 Å². The van der Waals surface area contributed by atoms with Crippen LogP contribution in [-0.4, -0.2) is 27.3 Å². The molecule has 8 nitrogen and oxygen atoms in total. The van der Waals surface area contributed by atoms with Gasteiger partial charge in [0.15, 0.2) is 6.10 Å². The fourth-order valence-corrected chi connectivity index (χ4v) is 3.84. The zero-order valence-electron chi connectivity index (χ0n) is 15.5. The molecule has 0 spiro atoms. The SMILES string of the molecule is COC(=O)Cc1ccc(C2OC(N)=C(OS(=O)(=O)Cc3ccccc3)C2=O)cc1. The normalized spacial score (nSPS) is 16.4. The summed E-state index contributed by atoms with van der Waals surface area (Å²) in [6.45, 7) is 0. The summed E-state index contributed by atoms with van der Waals surface area (Å²) < 4.78 is 39.5. The number of hydrogen-bond acceptors (Lipinski definition) is 8. The largest absolute Gasteiger partial charge is 0.469 e. The van der Waals surface area contributed by atoms with E-state index in [0.717, 1.165) is 0 Å². The van der Waals surface area contributed by atoms with Gasteiger partial charge in [0.25, 0.3) is 0 Å². The summed E-state index contributed by atoms with van der Waals surface area (Å²) in [5.74, 6) is -2.43. The van der Waals surface area contributed by atoms with Gasteiger partial charge in [-0.1, -0.05) is 54.6 Å². The van der Waals surface area contributed by atoms with E-state index in [9.17, 15) is 18.0 Å². The lowest BCUT2D eigenvalue weighted by Gasteiger charge is -2.10. The highest BCUT2D eigenvalue weighted by atomic mass is 32.2. The molecule has 0 amide bonds. The summed E-state index contributed by atoms with van der Waals surface area (Å²) >= 11 is 0. The molecule has 152 valence electrons. The summed E-state index contributed by atoms with van der Waals surface area (Å²) in [6.07, 6.45) is -1.04. The molecule has 0 radical (unpaired) electrons. The first kappa shape index (κ1) is 20.4. The van der Waals surface area contributed by atoms with Gasteiger partial charge in [-0.15, -0.1) is 0 Å². The van der Waals surface area contributed by atoms with Crippen molar-refractivity contribution in [2.24, 2.45) is 5.73 Å². The highest BCUT2D eigenvalue weighted by Crippen LogP contribution is 2.32. The van der Waals surface area contributed by atoms with Gasteiger partial charge in [0.1, 0.15) is 5.75 Å². The maximum atomic E-state index is 12.6. The Labute approximate surface area is 168 Å². The van der Waals surface area contributed by atoms with E-state index in [1.165, 1.54) is 7.11 Å². The number of Topliss-reactive ketones (excluding diaryl/α,β-unsaturated/α-hetero) is 1. The summed E-state index contributed by atoms with van der Waals surface area (Å²) in [5.41, 5.74) is 7.35. The Kier molecular flexibility index (Phi) is 5.88. The average Bonchev–Trinajstić information content (AvgIpc) is 2.96. The first-order valence-electron chi connectivity index (χ1n) is 8.61. The monoisotopic (exact) mass is 417 g/mol. The summed E-state index contributed by atoms with van der Waals surface area (Å²) in [4.78, 5) is 24.0. The number of rotatable bonds is 7. The van der Waals surface area contributed by atoms with E-state index in [-0.39, 0.29) is 6.42 Å². The van der Waals surface area contributed by atoms with Crippen molar-refractivity contribution in [1.82, 2.24) is 0 Å². The molecule has 0 saturated heterocycles. The average molecular weight is 417 g/mol. The van der Waals surface area contributed by atoms with Gasteiger partial charge in [0.2, 0.25) is 17.4 Å². The highest BCUT2D eigenvalue weighted by Gasteiger charge is 2.39. The quantitative estimate of drug-likeness (QED) is 0.534. The van der Waals surface area contributed by atoms with Crippen LogP contribution < -0.4 is 5.73 Å². The number of esters is 1. The minimum atomic E-state index is -4.10. The third-order valence-electron chi connectivity index (χ3n) is 4.19. The molecule has 0 bridgehead atoms. The zero-order chi connectivity index (χ0) is 21.0. The lowest BCUT2D eigenvalue weighted by Crippen LogP contribution is -2.16. The Morgan fingerprint density at radius 1 is 1.07 bits per heavy atom.